The lowest BCUT2D eigenvalue weighted by Crippen LogP contribution is -2.40. The summed E-state index contributed by atoms with van der Waals surface area (Å²) >= 11 is 0. The summed E-state index contributed by atoms with van der Waals surface area (Å²) in [6.07, 6.45) is 4.90. The fraction of sp³-hybridized carbons (Fsp3) is 0.345. The fourth-order valence-corrected chi connectivity index (χ4v) is 4.51. The third kappa shape index (κ3) is 6.25. The maximum Gasteiger partial charge on any atom is 0.246 e. The Balaban J connectivity index is 1.26. The number of carbonyl (C=O) groups is 1. The van der Waals surface area contributed by atoms with Crippen molar-refractivity contribution in [2.24, 2.45) is 0 Å². The van der Waals surface area contributed by atoms with E-state index < -0.39 is 6.10 Å². The Morgan fingerprint density at radius 1 is 1.06 bits per heavy atom. The molecule has 1 N–H and O–H groups in total. The number of benzene rings is 3. The Hall–Kier alpha value is -3.15. The molecule has 0 saturated carbocycles. The van der Waals surface area contributed by atoms with Gasteiger partial charge in [-0.2, -0.15) is 0 Å². The molecular weight excluding hydrogens is 424 g/mol. The van der Waals surface area contributed by atoms with Crippen molar-refractivity contribution in [2.75, 3.05) is 40.3 Å². The number of β-amino-alcohol motifs (C(OH)–C–C–N with tert-alkyl or cyclic N) is 1. The zero-order valence-electron chi connectivity index (χ0n) is 20.1. The van der Waals surface area contributed by atoms with Crippen molar-refractivity contribution in [2.45, 2.75) is 24.9 Å². The van der Waals surface area contributed by atoms with Gasteiger partial charge in [-0.05, 0) is 60.3 Å². The van der Waals surface area contributed by atoms with Gasteiger partial charge < -0.3 is 19.6 Å². The molecule has 178 valence electrons. The van der Waals surface area contributed by atoms with Gasteiger partial charge in [-0.15, -0.1) is 0 Å². The molecule has 1 amide bonds. The van der Waals surface area contributed by atoms with Crippen LogP contribution in [0.3, 0.4) is 0 Å². The summed E-state index contributed by atoms with van der Waals surface area (Å²) < 4.78 is 5.91. The van der Waals surface area contributed by atoms with Crippen molar-refractivity contribution in [3.05, 3.63) is 83.9 Å². The van der Waals surface area contributed by atoms with E-state index in [0.717, 1.165) is 31.5 Å². The van der Waals surface area contributed by atoms with Gasteiger partial charge in [-0.3, -0.25) is 4.79 Å². The minimum atomic E-state index is -0.572. The monoisotopic (exact) mass is 458 g/mol. The third-order valence-electron chi connectivity index (χ3n) is 6.50. The van der Waals surface area contributed by atoms with Crippen LogP contribution in [-0.4, -0.2) is 67.3 Å². The summed E-state index contributed by atoms with van der Waals surface area (Å²) in [7, 11) is 3.44. The summed E-state index contributed by atoms with van der Waals surface area (Å²) in [6, 6.07) is 22.9. The van der Waals surface area contributed by atoms with Gasteiger partial charge in [0.05, 0.1) is 0 Å². The van der Waals surface area contributed by atoms with Gasteiger partial charge in [0.15, 0.2) is 0 Å². The Morgan fingerprint density at radius 3 is 2.53 bits per heavy atom. The fourth-order valence-electron chi connectivity index (χ4n) is 4.51. The Labute approximate surface area is 202 Å². The minimum absolute atomic E-state index is 0.0815. The van der Waals surface area contributed by atoms with E-state index in [1.165, 1.54) is 27.3 Å². The number of ether oxygens (including phenoxy) is 1. The third-order valence-corrected chi connectivity index (χ3v) is 6.50. The lowest BCUT2D eigenvalue weighted by molar-refractivity contribution is -0.123. The smallest absolute Gasteiger partial charge is 0.246 e. The molecule has 1 heterocycles. The van der Waals surface area contributed by atoms with E-state index in [2.05, 4.69) is 47.4 Å². The predicted molar refractivity (Wildman–Crippen MR) is 138 cm³/mol. The molecule has 5 heteroatoms. The summed E-state index contributed by atoms with van der Waals surface area (Å²) in [4.78, 5) is 15.7. The van der Waals surface area contributed by atoms with Crippen molar-refractivity contribution in [3.63, 3.8) is 0 Å². The van der Waals surface area contributed by atoms with Gasteiger partial charge in [0.2, 0.25) is 5.91 Å². The minimum Gasteiger partial charge on any atom is -0.490 e. The van der Waals surface area contributed by atoms with E-state index >= 15 is 0 Å². The molecule has 1 atom stereocenters. The molecular formula is C29H34N2O3. The molecule has 0 aromatic heterocycles. The van der Waals surface area contributed by atoms with Crippen LogP contribution in [0.5, 0.6) is 5.75 Å². The van der Waals surface area contributed by atoms with Gasteiger partial charge in [-0.25, -0.2) is 0 Å². The summed E-state index contributed by atoms with van der Waals surface area (Å²) in [5.74, 6) is 1.15. The highest BCUT2D eigenvalue weighted by Crippen LogP contribution is 2.30. The molecule has 0 radical (unpaired) electrons. The summed E-state index contributed by atoms with van der Waals surface area (Å²) in [5, 5.41) is 13.2. The number of para-hydroxylation sites is 1. The highest BCUT2D eigenvalue weighted by Gasteiger charge is 2.22. The summed E-state index contributed by atoms with van der Waals surface area (Å²) in [5.41, 5.74) is 2.24. The molecule has 34 heavy (non-hydrogen) atoms. The van der Waals surface area contributed by atoms with Crippen LogP contribution >= 0.6 is 0 Å². The number of piperidine rings is 1. The number of aliphatic hydroxyl groups excluding tert-OH is 1. The van der Waals surface area contributed by atoms with E-state index in [9.17, 15) is 9.90 Å². The average molecular weight is 459 g/mol. The molecule has 4 rings (SSSR count). The number of carbonyl (C=O) groups excluding carboxylic acids is 1. The van der Waals surface area contributed by atoms with Crippen LogP contribution in [0.4, 0.5) is 0 Å². The van der Waals surface area contributed by atoms with E-state index in [4.69, 9.17) is 4.74 Å². The molecule has 0 aliphatic carbocycles. The van der Waals surface area contributed by atoms with Gasteiger partial charge in [0.25, 0.3) is 0 Å². The van der Waals surface area contributed by atoms with Crippen LogP contribution in [0.2, 0.25) is 0 Å². The second-order valence-electron chi connectivity index (χ2n) is 9.25. The Bertz CT molecular complexity index is 1130. The van der Waals surface area contributed by atoms with E-state index in [-0.39, 0.29) is 12.5 Å². The molecule has 3 aromatic rings. The number of amides is 1. The molecule has 0 unspecified atom stereocenters. The van der Waals surface area contributed by atoms with Gasteiger partial charge >= 0.3 is 0 Å². The number of likely N-dealkylation sites (tertiary alicyclic amines) is 1. The molecule has 3 aromatic carbocycles. The second-order valence-corrected chi connectivity index (χ2v) is 9.25. The van der Waals surface area contributed by atoms with Crippen molar-refractivity contribution in [1.82, 2.24) is 9.80 Å². The van der Waals surface area contributed by atoms with E-state index in [0.29, 0.717) is 18.2 Å². The van der Waals surface area contributed by atoms with Crippen LogP contribution in [0.25, 0.3) is 16.8 Å². The Kier molecular flexibility index (Phi) is 7.99. The molecule has 1 aliphatic rings. The van der Waals surface area contributed by atoms with Crippen molar-refractivity contribution in [1.29, 1.82) is 0 Å². The highest BCUT2D eigenvalue weighted by molar-refractivity contribution is 5.91. The quantitative estimate of drug-likeness (QED) is 0.503. The number of nitrogens with zero attached hydrogens (tertiary/aromatic N) is 2. The number of rotatable bonds is 8. The molecule has 0 spiro atoms. The van der Waals surface area contributed by atoms with Crippen molar-refractivity contribution < 1.29 is 14.6 Å². The van der Waals surface area contributed by atoms with Crippen molar-refractivity contribution >= 4 is 22.8 Å². The number of fused-ring (bicyclic) bond motifs is 1. The van der Waals surface area contributed by atoms with E-state index in [1.807, 2.05) is 24.3 Å². The number of hydrogen-bond acceptors (Lipinski definition) is 4. The molecule has 5 nitrogen and oxygen atoms in total. The average Bonchev–Trinajstić information content (AvgIpc) is 2.86. The normalized spacial score (nSPS) is 16.1. The van der Waals surface area contributed by atoms with Crippen LogP contribution in [0.1, 0.15) is 29.9 Å². The number of likely N-dealkylation sites (N-methyl/N-ethyl adjacent to an activating group) is 1. The second kappa shape index (κ2) is 11.3. The first kappa shape index (κ1) is 24.0. The summed E-state index contributed by atoms with van der Waals surface area (Å²) in [6.45, 7) is 2.76. The first-order valence-electron chi connectivity index (χ1n) is 12.0. The zero-order chi connectivity index (χ0) is 23.9. The highest BCUT2D eigenvalue weighted by atomic mass is 16.5. The zero-order valence-corrected chi connectivity index (χ0v) is 20.1. The topological polar surface area (TPSA) is 53.0 Å². The SMILES string of the molecule is CN(C)C(=O)C=Cc1ccccc1OC[C@H](O)CN1CCC(c2ccc3ccccc3c2)CC1. The van der Waals surface area contributed by atoms with Crippen LogP contribution in [0, 0.1) is 0 Å². The van der Waals surface area contributed by atoms with Gasteiger partial charge in [-0.1, -0.05) is 60.7 Å². The first-order valence-corrected chi connectivity index (χ1v) is 12.0. The first-order chi connectivity index (χ1) is 16.5. The molecule has 0 bridgehead atoms. The van der Waals surface area contributed by atoms with Gasteiger partial charge in [0, 0.05) is 32.3 Å². The molecule has 1 fully saturated rings. The molecule has 1 saturated heterocycles. The lowest BCUT2D eigenvalue weighted by Gasteiger charge is -2.33. The van der Waals surface area contributed by atoms with Crippen LogP contribution in [0.15, 0.2) is 72.8 Å². The number of aliphatic hydroxyl groups is 1. The largest absolute Gasteiger partial charge is 0.490 e. The molecule has 1 aliphatic heterocycles. The van der Waals surface area contributed by atoms with Crippen LogP contribution in [-0.2, 0) is 4.79 Å². The van der Waals surface area contributed by atoms with Gasteiger partial charge in [0.1, 0.15) is 18.5 Å². The van der Waals surface area contributed by atoms with E-state index in [1.54, 1.807) is 20.2 Å². The maximum atomic E-state index is 11.8. The van der Waals surface area contributed by atoms with Crippen molar-refractivity contribution in [3.8, 4) is 5.75 Å². The number of hydrogen-bond donors (Lipinski definition) is 1. The standard InChI is InChI=1S/C29H34N2O3/c1-30(2)29(33)14-13-24-8-5-6-10-28(24)34-21-27(32)20-31-17-15-23(16-18-31)26-12-11-22-7-3-4-9-25(22)19-26/h3-14,19,23,27,32H,15-18,20-21H2,1-2H3/t27-/m1/s1. The lowest BCUT2D eigenvalue weighted by atomic mass is 9.88. The maximum absolute atomic E-state index is 11.8. The van der Waals surface area contributed by atoms with Crippen LogP contribution < -0.4 is 4.74 Å². The predicted octanol–water partition coefficient (Wildman–Crippen LogP) is 4.56. The Morgan fingerprint density at radius 2 is 1.76 bits per heavy atom.